The van der Waals surface area contributed by atoms with Gasteiger partial charge in [0.15, 0.2) is 5.96 Å². The van der Waals surface area contributed by atoms with Crippen molar-refractivity contribution in [3.05, 3.63) is 0 Å². The second-order valence-electron chi connectivity index (χ2n) is 5.43. The van der Waals surface area contributed by atoms with Crippen molar-refractivity contribution < 1.29 is 0 Å². The molecule has 15 heavy (non-hydrogen) atoms. The molecular weight excluding hydrogens is 186 g/mol. The highest BCUT2D eigenvalue weighted by molar-refractivity contribution is 5.81. The fourth-order valence-corrected chi connectivity index (χ4v) is 3.72. The van der Waals surface area contributed by atoms with Crippen LogP contribution in [0.2, 0.25) is 0 Å². The van der Waals surface area contributed by atoms with Crippen LogP contribution in [0.3, 0.4) is 0 Å². The van der Waals surface area contributed by atoms with Gasteiger partial charge in [0, 0.05) is 12.6 Å². The van der Waals surface area contributed by atoms with Crippen molar-refractivity contribution in [1.29, 1.82) is 0 Å². The van der Waals surface area contributed by atoms with Crippen LogP contribution in [0.4, 0.5) is 0 Å². The first kappa shape index (κ1) is 9.49. The smallest absolute Gasteiger partial charge is 0.191 e. The first-order valence-electron chi connectivity index (χ1n) is 6.38. The van der Waals surface area contributed by atoms with E-state index in [0.29, 0.717) is 6.04 Å². The number of aliphatic imine (C=N–C) groups is 1. The Morgan fingerprint density at radius 3 is 2.93 bits per heavy atom. The van der Waals surface area contributed by atoms with E-state index in [1.165, 1.54) is 25.7 Å². The van der Waals surface area contributed by atoms with Gasteiger partial charge in [-0.15, -0.1) is 0 Å². The van der Waals surface area contributed by atoms with Crippen molar-refractivity contribution >= 4 is 5.96 Å². The van der Waals surface area contributed by atoms with E-state index in [-0.39, 0.29) is 0 Å². The summed E-state index contributed by atoms with van der Waals surface area (Å²) < 4.78 is 0. The largest absolute Gasteiger partial charge is 0.355 e. The number of nitrogens with one attached hydrogen (secondary N) is 2. The summed E-state index contributed by atoms with van der Waals surface area (Å²) >= 11 is 0. The topological polar surface area (TPSA) is 36.4 Å². The van der Waals surface area contributed by atoms with Gasteiger partial charge in [-0.1, -0.05) is 6.42 Å². The lowest BCUT2D eigenvalue weighted by Crippen LogP contribution is -2.44. The van der Waals surface area contributed by atoms with E-state index in [9.17, 15) is 0 Å². The number of hydrogen-bond acceptors (Lipinski definition) is 3. The third-order valence-electron chi connectivity index (χ3n) is 4.47. The minimum atomic E-state index is 0.602. The van der Waals surface area contributed by atoms with Crippen LogP contribution in [-0.2, 0) is 0 Å². The van der Waals surface area contributed by atoms with Gasteiger partial charge >= 0.3 is 0 Å². The molecule has 3 rings (SSSR count). The Labute approximate surface area is 91.7 Å². The first-order chi connectivity index (χ1) is 7.33. The van der Waals surface area contributed by atoms with Gasteiger partial charge in [-0.2, -0.15) is 0 Å². The third-order valence-corrected chi connectivity index (χ3v) is 4.47. The number of guanidine groups is 1. The summed E-state index contributed by atoms with van der Waals surface area (Å²) in [6.07, 6.45) is 5.91. The minimum Gasteiger partial charge on any atom is -0.355 e. The molecule has 2 N–H and O–H groups in total. The molecule has 0 amide bonds. The number of hydrogen-bond donors (Lipinski definition) is 2. The Hall–Kier alpha value is -0.730. The van der Waals surface area contributed by atoms with Crippen LogP contribution in [0.1, 0.15) is 32.6 Å². The Morgan fingerprint density at radius 1 is 1.40 bits per heavy atom. The molecule has 0 aromatic rings. The monoisotopic (exact) mass is 207 g/mol. The highest BCUT2D eigenvalue weighted by Crippen LogP contribution is 2.49. The molecule has 3 aliphatic rings. The Balaban J connectivity index is 1.58. The summed E-state index contributed by atoms with van der Waals surface area (Å²) in [6.45, 7) is 4.27. The van der Waals surface area contributed by atoms with E-state index < -0.39 is 0 Å². The van der Waals surface area contributed by atoms with E-state index in [0.717, 1.165) is 36.8 Å². The van der Waals surface area contributed by atoms with E-state index in [2.05, 4.69) is 22.5 Å². The average Bonchev–Trinajstić information content (AvgIpc) is 2.93. The lowest BCUT2D eigenvalue weighted by atomic mass is 9.84. The van der Waals surface area contributed by atoms with Gasteiger partial charge in [0.1, 0.15) is 0 Å². The summed E-state index contributed by atoms with van der Waals surface area (Å²) in [7, 11) is 0. The molecule has 2 fully saturated rings. The molecule has 3 heteroatoms. The average molecular weight is 207 g/mol. The molecule has 0 aromatic carbocycles. The number of rotatable bonds is 2. The molecule has 0 aromatic heterocycles. The summed E-state index contributed by atoms with van der Waals surface area (Å²) in [5, 5.41) is 6.84. The summed E-state index contributed by atoms with van der Waals surface area (Å²) in [5.41, 5.74) is 0. The molecule has 1 aliphatic heterocycles. The highest BCUT2D eigenvalue weighted by Gasteiger charge is 2.41. The molecule has 0 spiro atoms. The Morgan fingerprint density at radius 2 is 2.33 bits per heavy atom. The molecule has 1 heterocycles. The molecule has 3 nitrogen and oxygen atoms in total. The van der Waals surface area contributed by atoms with Gasteiger partial charge in [-0.3, -0.25) is 4.99 Å². The van der Waals surface area contributed by atoms with Gasteiger partial charge < -0.3 is 10.6 Å². The predicted octanol–water partition coefficient (Wildman–Crippen LogP) is 1.36. The number of nitrogens with zero attached hydrogens (tertiary/aromatic N) is 1. The van der Waals surface area contributed by atoms with E-state index in [4.69, 9.17) is 0 Å². The van der Waals surface area contributed by atoms with Crippen LogP contribution in [-0.4, -0.2) is 25.1 Å². The first-order valence-corrected chi connectivity index (χ1v) is 6.38. The maximum absolute atomic E-state index is 4.40. The van der Waals surface area contributed by atoms with Gasteiger partial charge in [0.05, 0.1) is 6.54 Å². The van der Waals surface area contributed by atoms with Crippen LogP contribution >= 0.6 is 0 Å². The Bertz CT molecular complexity index is 274. The second-order valence-corrected chi connectivity index (χ2v) is 5.43. The van der Waals surface area contributed by atoms with E-state index in [1.54, 1.807) is 0 Å². The SMILES string of the molecule is CC(NC1=NCCN1)C1CC2CCC1C2. The molecule has 2 aliphatic carbocycles. The van der Waals surface area contributed by atoms with Crippen molar-refractivity contribution in [2.45, 2.75) is 38.6 Å². The van der Waals surface area contributed by atoms with Gasteiger partial charge in [-0.05, 0) is 43.9 Å². The fraction of sp³-hybridized carbons (Fsp3) is 0.917. The standard InChI is InChI=1S/C12H21N3/c1-8(15-12-13-4-5-14-12)11-7-9-2-3-10(11)6-9/h8-11H,2-7H2,1H3,(H2,13,14,15). The zero-order valence-electron chi connectivity index (χ0n) is 9.50. The zero-order valence-corrected chi connectivity index (χ0v) is 9.50. The zero-order chi connectivity index (χ0) is 10.3. The molecule has 2 saturated carbocycles. The lowest BCUT2D eigenvalue weighted by molar-refractivity contribution is 0.278. The van der Waals surface area contributed by atoms with Crippen LogP contribution in [0.15, 0.2) is 4.99 Å². The van der Waals surface area contributed by atoms with Crippen LogP contribution < -0.4 is 10.6 Å². The van der Waals surface area contributed by atoms with Crippen molar-refractivity contribution in [3.63, 3.8) is 0 Å². The maximum Gasteiger partial charge on any atom is 0.191 e. The summed E-state index contributed by atoms with van der Waals surface area (Å²) in [4.78, 5) is 4.40. The van der Waals surface area contributed by atoms with Gasteiger partial charge in [-0.25, -0.2) is 0 Å². The second kappa shape index (κ2) is 3.69. The van der Waals surface area contributed by atoms with E-state index >= 15 is 0 Å². The van der Waals surface area contributed by atoms with Crippen LogP contribution in [0.25, 0.3) is 0 Å². The predicted molar refractivity (Wildman–Crippen MR) is 61.8 cm³/mol. The molecule has 84 valence electrons. The molecule has 0 saturated heterocycles. The van der Waals surface area contributed by atoms with Crippen molar-refractivity contribution in [3.8, 4) is 0 Å². The summed E-state index contributed by atoms with van der Waals surface area (Å²) in [5.74, 6) is 3.97. The normalized spacial score (nSPS) is 40.1. The Kier molecular flexibility index (Phi) is 2.33. The number of fused-ring (bicyclic) bond motifs is 2. The maximum atomic E-state index is 4.40. The molecule has 0 radical (unpaired) electrons. The lowest BCUT2D eigenvalue weighted by Gasteiger charge is -2.29. The third kappa shape index (κ3) is 1.72. The van der Waals surface area contributed by atoms with Crippen LogP contribution in [0, 0.1) is 17.8 Å². The molecule has 4 unspecified atom stereocenters. The quantitative estimate of drug-likeness (QED) is 0.717. The minimum absolute atomic E-state index is 0.602. The van der Waals surface area contributed by atoms with Crippen LogP contribution in [0.5, 0.6) is 0 Å². The van der Waals surface area contributed by atoms with Crippen molar-refractivity contribution in [1.82, 2.24) is 10.6 Å². The van der Waals surface area contributed by atoms with Crippen molar-refractivity contribution in [2.75, 3.05) is 13.1 Å². The van der Waals surface area contributed by atoms with E-state index in [1.807, 2.05) is 0 Å². The van der Waals surface area contributed by atoms with Crippen molar-refractivity contribution in [2.24, 2.45) is 22.7 Å². The molecule has 2 bridgehead atoms. The van der Waals surface area contributed by atoms with Gasteiger partial charge in [0.2, 0.25) is 0 Å². The summed E-state index contributed by atoms with van der Waals surface area (Å²) in [6, 6.07) is 0.602. The fourth-order valence-electron chi connectivity index (χ4n) is 3.72. The van der Waals surface area contributed by atoms with Gasteiger partial charge in [0.25, 0.3) is 0 Å². The molecule has 4 atom stereocenters. The highest BCUT2D eigenvalue weighted by atomic mass is 15.2. The molecular formula is C12H21N3.